The summed E-state index contributed by atoms with van der Waals surface area (Å²) < 4.78 is 31.3. The summed E-state index contributed by atoms with van der Waals surface area (Å²) in [6.07, 6.45) is 1.13. The molecule has 1 heterocycles. The number of hydrogen-bond donors (Lipinski definition) is 2. The maximum atomic E-state index is 12.0. The maximum Gasteiger partial charge on any atom is 0.421 e. The van der Waals surface area contributed by atoms with Gasteiger partial charge >= 0.3 is 16.3 Å². The molecule has 0 spiro atoms. The van der Waals surface area contributed by atoms with Crippen LogP contribution in [0.4, 0.5) is 4.79 Å². The van der Waals surface area contributed by atoms with Crippen LogP contribution in [-0.2, 0) is 14.9 Å². The molecule has 0 aromatic rings. The summed E-state index contributed by atoms with van der Waals surface area (Å²) in [7, 11) is -2.79. The van der Waals surface area contributed by atoms with E-state index in [1.54, 1.807) is 6.92 Å². The molecule has 1 aliphatic rings. The van der Waals surface area contributed by atoms with Crippen LogP contribution in [0.25, 0.3) is 0 Å². The van der Waals surface area contributed by atoms with E-state index < -0.39 is 22.4 Å². The normalized spacial score (nSPS) is 23.4. The third kappa shape index (κ3) is 4.11. The van der Waals surface area contributed by atoms with Crippen LogP contribution < -0.4 is 4.72 Å². The van der Waals surface area contributed by atoms with Gasteiger partial charge in [-0.25, -0.2) is 9.52 Å². The first-order chi connectivity index (χ1) is 8.36. The van der Waals surface area contributed by atoms with Crippen LogP contribution in [0.15, 0.2) is 0 Å². The lowest BCUT2D eigenvalue weighted by molar-refractivity contribution is 0.130. The first-order valence-electron chi connectivity index (χ1n) is 5.92. The summed E-state index contributed by atoms with van der Waals surface area (Å²) >= 11 is 0. The van der Waals surface area contributed by atoms with Crippen LogP contribution in [0.5, 0.6) is 0 Å². The SMILES string of the molecule is COC(=O)NS(=O)(=O)N1CCCCC1CC(C)O. The Kier molecular flexibility index (Phi) is 5.36. The number of piperidine rings is 1. The molecule has 8 heteroatoms. The van der Waals surface area contributed by atoms with Crippen molar-refractivity contribution in [1.82, 2.24) is 9.03 Å². The van der Waals surface area contributed by atoms with Gasteiger partial charge in [0.15, 0.2) is 0 Å². The highest BCUT2D eigenvalue weighted by molar-refractivity contribution is 7.87. The van der Waals surface area contributed by atoms with E-state index in [4.69, 9.17) is 0 Å². The zero-order valence-corrected chi connectivity index (χ0v) is 11.4. The Morgan fingerprint density at radius 3 is 2.78 bits per heavy atom. The predicted octanol–water partition coefficient (Wildman–Crippen LogP) is 0.213. The smallest absolute Gasteiger partial charge is 0.421 e. The van der Waals surface area contributed by atoms with Gasteiger partial charge in [-0.05, 0) is 26.2 Å². The van der Waals surface area contributed by atoms with E-state index in [1.807, 2.05) is 4.72 Å². The van der Waals surface area contributed by atoms with E-state index in [0.29, 0.717) is 19.4 Å². The maximum absolute atomic E-state index is 12.0. The number of aliphatic hydroxyl groups is 1. The van der Waals surface area contributed by atoms with Gasteiger partial charge in [-0.3, -0.25) is 0 Å². The number of hydrogen-bond acceptors (Lipinski definition) is 5. The van der Waals surface area contributed by atoms with Crippen LogP contribution in [0.3, 0.4) is 0 Å². The average Bonchev–Trinajstić information content (AvgIpc) is 2.28. The Balaban J connectivity index is 2.78. The number of carbonyl (C=O) groups is 1. The van der Waals surface area contributed by atoms with Crippen LogP contribution in [0, 0.1) is 0 Å². The predicted molar refractivity (Wildman–Crippen MR) is 65.1 cm³/mol. The molecule has 1 rings (SSSR count). The molecule has 0 aliphatic carbocycles. The molecule has 18 heavy (non-hydrogen) atoms. The van der Waals surface area contributed by atoms with Gasteiger partial charge in [0.25, 0.3) is 0 Å². The molecule has 1 amide bonds. The van der Waals surface area contributed by atoms with E-state index in [-0.39, 0.29) is 6.04 Å². The van der Waals surface area contributed by atoms with Crippen LogP contribution in [0.1, 0.15) is 32.6 Å². The number of methoxy groups -OCH3 is 1. The largest absolute Gasteiger partial charge is 0.452 e. The van der Waals surface area contributed by atoms with Crippen molar-refractivity contribution in [2.75, 3.05) is 13.7 Å². The molecule has 1 fully saturated rings. The second kappa shape index (κ2) is 6.35. The van der Waals surface area contributed by atoms with Crippen molar-refractivity contribution in [1.29, 1.82) is 0 Å². The minimum Gasteiger partial charge on any atom is -0.452 e. The highest BCUT2D eigenvalue weighted by Gasteiger charge is 2.34. The monoisotopic (exact) mass is 280 g/mol. The fourth-order valence-corrected chi connectivity index (χ4v) is 3.49. The Morgan fingerprint density at radius 1 is 1.56 bits per heavy atom. The molecule has 0 aromatic heterocycles. The quantitative estimate of drug-likeness (QED) is 0.767. The Labute approximate surface area is 107 Å². The fraction of sp³-hybridized carbons (Fsp3) is 0.900. The summed E-state index contributed by atoms with van der Waals surface area (Å²) in [5, 5.41) is 9.38. The lowest BCUT2D eigenvalue weighted by atomic mass is 10.00. The topological polar surface area (TPSA) is 95.9 Å². The van der Waals surface area contributed by atoms with Gasteiger partial charge < -0.3 is 9.84 Å². The Hall–Kier alpha value is -0.860. The number of carbonyl (C=O) groups excluding carboxylic acids is 1. The van der Waals surface area contributed by atoms with Gasteiger partial charge in [-0.2, -0.15) is 12.7 Å². The first-order valence-corrected chi connectivity index (χ1v) is 7.36. The van der Waals surface area contributed by atoms with Gasteiger partial charge in [-0.1, -0.05) is 6.42 Å². The van der Waals surface area contributed by atoms with E-state index in [9.17, 15) is 18.3 Å². The Morgan fingerprint density at radius 2 is 2.22 bits per heavy atom. The van der Waals surface area contributed by atoms with E-state index in [2.05, 4.69) is 4.74 Å². The van der Waals surface area contributed by atoms with Gasteiger partial charge in [0.1, 0.15) is 0 Å². The zero-order chi connectivity index (χ0) is 13.8. The van der Waals surface area contributed by atoms with Crippen LogP contribution in [-0.4, -0.2) is 49.7 Å². The molecule has 0 radical (unpaired) electrons. The minimum absolute atomic E-state index is 0.277. The molecular weight excluding hydrogens is 260 g/mol. The van der Waals surface area contributed by atoms with Crippen LogP contribution in [0.2, 0.25) is 0 Å². The highest BCUT2D eigenvalue weighted by atomic mass is 32.2. The lowest BCUT2D eigenvalue weighted by Crippen LogP contribution is -2.51. The minimum atomic E-state index is -3.89. The molecule has 106 valence electrons. The van der Waals surface area contributed by atoms with Crippen molar-refractivity contribution in [2.24, 2.45) is 0 Å². The summed E-state index contributed by atoms with van der Waals surface area (Å²) in [6.45, 7) is 1.97. The number of rotatable bonds is 4. The van der Waals surface area contributed by atoms with Crippen LogP contribution >= 0.6 is 0 Å². The third-order valence-corrected chi connectivity index (χ3v) is 4.42. The van der Waals surface area contributed by atoms with E-state index in [0.717, 1.165) is 20.0 Å². The number of aliphatic hydroxyl groups excluding tert-OH is 1. The van der Waals surface area contributed by atoms with E-state index in [1.165, 1.54) is 4.31 Å². The molecule has 1 aliphatic heterocycles. The molecule has 0 bridgehead atoms. The van der Waals surface area contributed by atoms with Gasteiger partial charge in [0.05, 0.1) is 13.2 Å². The number of amides is 1. The lowest BCUT2D eigenvalue weighted by Gasteiger charge is -2.34. The second-order valence-corrected chi connectivity index (χ2v) is 6.07. The third-order valence-electron chi connectivity index (χ3n) is 2.89. The number of nitrogens with one attached hydrogen (secondary N) is 1. The number of ether oxygens (including phenoxy) is 1. The summed E-state index contributed by atoms with van der Waals surface area (Å²) in [5.74, 6) is 0. The molecule has 2 unspecified atom stereocenters. The Bertz CT molecular complexity index is 382. The molecule has 1 saturated heterocycles. The second-order valence-electron chi connectivity index (χ2n) is 4.44. The molecule has 0 aromatic carbocycles. The first kappa shape index (κ1) is 15.2. The van der Waals surface area contributed by atoms with Crippen molar-refractivity contribution in [3.63, 3.8) is 0 Å². The standard InChI is InChI=1S/C10H20N2O5S/c1-8(13)7-9-5-3-4-6-12(9)18(15,16)11-10(14)17-2/h8-9,13H,3-7H2,1-2H3,(H,11,14). The van der Waals surface area contributed by atoms with Gasteiger partial charge in [0, 0.05) is 12.6 Å². The molecular formula is C10H20N2O5S. The number of nitrogens with zero attached hydrogens (tertiary/aromatic N) is 1. The van der Waals surface area contributed by atoms with Crippen molar-refractivity contribution >= 4 is 16.3 Å². The van der Waals surface area contributed by atoms with Crippen molar-refractivity contribution in [3.05, 3.63) is 0 Å². The molecule has 2 N–H and O–H groups in total. The van der Waals surface area contributed by atoms with Crippen molar-refractivity contribution in [2.45, 2.75) is 44.8 Å². The van der Waals surface area contributed by atoms with E-state index >= 15 is 0 Å². The van der Waals surface area contributed by atoms with Crippen molar-refractivity contribution in [3.8, 4) is 0 Å². The van der Waals surface area contributed by atoms with Gasteiger partial charge in [-0.15, -0.1) is 0 Å². The summed E-state index contributed by atoms with van der Waals surface area (Å²) in [6, 6.07) is -0.277. The molecule has 7 nitrogen and oxygen atoms in total. The summed E-state index contributed by atoms with van der Waals surface area (Å²) in [5.41, 5.74) is 0. The van der Waals surface area contributed by atoms with Gasteiger partial charge in [0.2, 0.25) is 0 Å². The zero-order valence-electron chi connectivity index (χ0n) is 10.6. The molecule has 2 atom stereocenters. The summed E-state index contributed by atoms with van der Waals surface area (Å²) in [4.78, 5) is 11.0. The molecule has 0 saturated carbocycles. The fourth-order valence-electron chi connectivity index (χ4n) is 2.13. The average molecular weight is 280 g/mol. The van der Waals surface area contributed by atoms with Crippen molar-refractivity contribution < 1.29 is 23.1 Å². The highest BCUT2D eigenvalue weighted by Crippen LogP contribution is 2.23.